The van der Waals surface area contributed by atoms with Gasteiger partial charge in [0.1, 0.15) is 5.75 Å². The monoisotopic (exact) mass is 386 g/mol. The van der Waals surface area contributed by atoms with Crippen LogP contribution in [0.2, 0.25) is 10.0 Å². The highest BCUT2D eigenvalue weighted by Gasteiger charge is 2.04. The lowest BCUT2D eigenvalue weighted by Crippen LogP contribution is -2.06. The summed E-state index contributed by atoms with van der Waals surface area (Å²) in [5, 5.41) is 5.41. The molecule has 6 heteroatoms. The van der Waals surface area contributed by atoms with Crippen LogP contribution in [0.5, 0.6) is 5.75 Å². The molecule has 0 saturated carbocycles. The fourth-order valence-corrected chi connectivity index (χ4v) is 2.80. The average Bonchev–Trinajstić information content (AvgIpc) is 2.46. The summed E-state index contributed by atoms with van der Waals surface area (Å²) in [4.78, 5) is 0. The van der Waals surface area contributed by atoms with Crippen molar-refractivity contribution in [3.63, 3.8) is 0 Å². The topological polar surface area (TPSA) is 33.6 Å². The molecule has 0 aromatic heterocycles. The van der Waals surface area contributed by atoms with Crippen LogP contribution in [0.4, 0.5) is 0 Å². The molecular weight excluding hydrogens is 375 g/mol. The largest absolute Gasteiger partial charge is 0.496 e. The molecule has 2 aromatic carbocycles. The van der Waals surface area contributed by atoms with Gasteiger partial charge >= 0.3 is 0 Å². The number of hydrogen-bond acceptors (Lipinski definition) is 3. The standard InChI is InChI=1S/C15H13BrCl2N2O/c1-21-15-6-5-10(7-12(15)16)8-19-20-9-11-13(17)3-2-4-14(11)18/h2-8,20H,9H2,1H3/b19-8-. The van der Waals surface area contributed by atoms with Crippen LogP contribution in [0.3, 0.4) is 0 Å². The predicted molar refractivity (Wildman–Crippen MR) is 91.6 cm³/mol. The fraction of sp³-hybridized carbons (Fsp3) is 0.133. The molecular formula is C15H13BrCl2N2O. The number of hydrogen-bond donors (Lipinski definition) is 1. The van der Waals surface area contributed by atoms with E-state index in [1.807, 2.05) is 24.3 Å². The van der Waals surface area contributed by atoms with Crippen molar-refractivity contribution < 1.29 is 4.74 Å². The number of ether oxygens (including phenoxy) is 1. The highest BCUT2D eigenvalue weighted by molar-refractivity contribution is 9.10. The van der Waals surface area contributed by atoms with Gasteiger partial charge in [0.05, 0.1) is 24.3 Å². The first-order valence-corrected chi connectivity index (χ1v) is 7.69. The van der Waals surface area contributed by atoms with Gasteiger partial charge in [0.15, 0.2) is 0 Å². The minimum atomic E-state index is 0.465. The highest BCUT2D eigenvalue weighted by Crippen LogP contribution is 2.25. The molecule has 110 valence electrons. The zero-order valence-corrected chi connectivity index (χ0v) is 14.3. The molecule has 3 nitrogen and oxygen atoms in total. The second-order valence-corrected chi connectivity index (χ2v) is 5.86. The molecule has 0 saturated heterocycles. The molecule has 0 unspecified atom stereocenters. The maximum absolute atomic E-state index is 6.08. The molecule has 0 bridgehead atoms. The Hall–Kier alpha value is -1.23. The zero-order chi connectivity index (χ0) is 15.2. The van der Waals surface area contributed by atoms with Crippen molar-refractivity contribution in [2.45, 2.75) is 6.54 Å². The van der Waals surface area contributed by atoms with Crippen molar-refractivity contribution in [3.05, 3.63) is 62.0 Å². The van der Waals surface area contributed by atoms with E-state index in [9.17, 15) is 0 Å². The molecule has 0 aliphatic rings. The van der Waals surface area contributed by atoms with E-state index >= 15 is 0 Å². The van der Waals surface area contributed by atoms with E-state index in [-0.39, 0.29) is 0 Å². The van der Waals surface area contributed by atoms with Gasteiger partial charge in [0, 0.05) is 15.6 Å². The van der Waals surface area contributed by atoms with Gasteiger partial charge in [-0.3, -0.25) is 0 Å². The SMILES string of the molecule is COc1ccc(/C=N\NCc2c(Cl)cccc2Cl)cc1Br. The minimum absolute atomic E-state index is 0.465. The maximum atomic E-state index is 6.08. The lowest BCUT2D eigenvalue weighted by atomic mass is 10.2. The predicted octanol–water partition coefficient (Wildman–Crippen LogP) is 4.89. The number of nitrogens with one attached hydrogen (secondary N) is 1. The number of rotatable bonds is 5. The van der Waals surface area contributed by atoms with E-state index in [4.69, 9.17) is 27.9 Å². The van der Waals surface area contributed by atoms with Gasteiger partial charge in [-0.05, 0) is 51.8 Å². The molecule has 21 heavy (non-hydrogen) atoms. The Morgan fingerprint density at radius 2 is 1.95 bits per heavy atom. The van der Waals surface area contributed by atoms with Gasteiger partial charge in [-0.1, -0.05) is 29.3 Å². The summed E-state index contributed by atoms with van der Waals surface area (Å²) in [5.74, 6) is 0.781. The molecule has 2 aromatic rings. The van der Waals surface area contributed by atoms with Crippen molar-refractivity contribution in [1.82, 2.24) is 5.43 Å². The van der Waals surface area contributed by atoms with Gasteiger partial charge in [-0.2, -0.15) is 5.10 Å². The molecule has 0 amide bonds. The van der Waals surface area contributed by atoms with Gasteiger partial charge in [0.2, 0.25) is 0 Å². The van der Waals surface area contributed by atoms with Crippen molar-refractivity contribution in [2.24, 2.45) is 5.10 Å². The Kier molecular flexibility index (Phi) is 5.91. The van der Waals surface area contributed by atoms with E-state index in [1.54, 1.807) is 25.5 Å². The van der Waals surface area contributed by atoms with Crippen molar-refractivity contribution in [3.8, 4) is 5.75 Å². The molecule has 0 aliphatic carbocycles. The molecule has 0 aliphatic heterocycles. The van der Waals surface area contributed by atoms with Crippen LogP contribution in [0.25, 0.3) is 0 Å². The van der Waals surface area contributed by atoms with Crippen molar-refractivity contribution in [1.29, 1.82) is 0 Å². The third-order valence-corrected chi connectivity index (χ3v) is 4.13. The Morgan fingerprint density at radius 3 is 2.57 bits per heavy atom. The van der Waals surface area contributed by atoms with Gasteiger partial charge in [-0.25, -0.2) is 0 Å². The summed E-state index contributed by atoms with van der Waals surface area (Å²) >= 11 is 15.6. The van der Waals surface area contributed by atoms with Crippen molar-refractivity contribution >= 4 is 45.3 Å². The average molecular weight is 388 g/mol. The van der Waals surface area contributed by atoms with Crippen LogP contribution in [0, 0.1) is 0 Å². The molecule has 0 atom stereocenters. The Morgan fingerprint density at radius 1 is 1.24 bits per heavy atom. The summed E-state index contributed by atoms with van der Waals surface area (Å²) < 4.78 is 6.05. The van der Waals surface area contributed by atoms with E-state index in [0.29, 0.717) is 16.6 Å². The van der Waals surface area contributed by atoms with E-state index in [0.717, 1.165) is 21.3 Å². The van der Waals surface area contributed by atoms with Crippen LogP contribution in [-0.4, -0.2) is 13.3 Å². The second kappa shape index (κ2) is 7.69. The Labute approximate surface area is 142 Å². The number of hydrazone groups is 1. The molecule has 0 fully saturated rings. The van der Waals surface area contributed by atoms with E-state index < -0.39 is 0 Å². The first-order chi connectivity index (χ1) is 10.1. The summed E-state index contributed by atoms with van der Waals surface area (Å²) in [7, 11) is 1.63. The molecule has 0 spiro atoms. The maximum Gasteiger partial charge on any atom is 0.133 e. The number of benzene rings is 2. The van der Waals surface area contributed by atoms with Crippen LogP contribution in [0.15, 0.2) is 46.0 Å². The fourth-order valence-electron chi connectivity index (χ4n) is 1.71. The van der Waals surface area contributed by atoms with Crippen LogP contribution in [-0.2, 0) is 6.54 Å². The molecule has 0 radical (unpaired) electrons. The lowest BCUT2D eigenvalue weighted by molar-refractivity contribution is 0.412. The van der Waals surface area contributed by atoms with Crippen molar-refractivity contribution in [2.75, 3.05) is 7.11 Å². The van der Waals surface area contributed by atoms with Gasteiger partial charge < -0.3 is 10.2 Å². The first kappa shape index (κ1) is 16.1. The number of halogens is 3. The summed E-state index contributed by atoms with van der Waals surface area (Å²) in [6, 6.07) is 11.1. The van der Waals surface area contributed by atoms with E-state index in [2.05, 4.69) is 26.5 Å². The van der Waals surface area contributed by atoms with Gasteiger partial charge in [0.25, 0.3) is 0 Å². The summed E-state index contributed by atoms with van der Waals surface area (Å²) in [5.41, 5.74) is 4.71. The van der Waals surface area contributed by atoms with Crippen LogP contribution >= 0.6 is 39.1 Å². The number of nitrogens with zero attached hydrogens (tertiary/aromatic N) is 1. The van der Waals surface area contributed by atoms with Crippen LogP contribution in [0.1, 0.15) is 11.1 Å². The minimum Gasteiger partial charge on any atom is -0.496 e. The smallest absolute Gasteiger partial charge is 0.133 e. The second-order valence-electron chi connectivity index (χ2n) is 4.19. The molecule has 2 rings (SSSR count). The van der Waals surface area contributed by atoms with Crippen LogP contribution < -0.4 is 10.2 Å². The Bertz CT molecular complexity index is 642. The molecule has 1 N–H and O–H groups in total. The first-order valence-electron chi connectivity index (χ1n) is 6.14. The third-order valence-electron chi connectivity index (χ3n) is 2.80. The third kappa shape index (κ3) is 4.37. The zero-order valence-electron chi connectivity index (χ0n) is 11.2. The Balaban J connectivity index is 1.98. The molecule has 0 heterocycles. The van der Waals surface area contributed by atoms with Gasteiger partial charge in [-0.15, -0.1) is 0 Å². The summed E-state index contributed by atoms with van der Waals surface area (Å²) in [6.45, 7) is 0.465. The number of methoxy groups -OCH3 is 1. The normalized spacial score (nSPS) is 10.9. The lowest BCUT2D eigenvalue weighted by Gasteiger charge is -2.06. The summed E-state index contributed by atoms with van der Waals surface area (Å²) in [6.07, 6.45) is 1.72. The quantitative estimate of drug-likeness (QED) is 0.585. The van der Waals surface area contributed by atoms with E-state index in [1.165, 1.54) is 0 Å². The highest BCUT2D eigenvalue weighted by atomic mass is 79.9.